The largest absolute Gasteiger partial charge is 0.332 e. The highest BCUT2D eigenvalue weighted by Crippen LogP contribution is 2.11. The maximum atomic E-state index is 12.7. The lowest BCUT2D eigenvalue weighted by molar-refractivity contribution is 0.510. The van der Waals surface area contributed by atoms with Gasteiger partial charge in [0, 0.05) is 20.6 Å². The van der Waals surface area contributed by atoms with Crippen LogP contribution in [0.4, 0.5) is 0 Å². The fourth-order valence-corrected chi connectivity index (χ4v) is 4.86. The first kappa shape index (κ1) is 29.3. The summed E-state index contributed by atoms with van der Waals surface area (Å²) >= 11 is 0. The summed E-state index contributed by atoms with van der Waals surface area (Å²) in [5, 5.41) is 3.61. The number of aryl methyl sites for hydroxylation is 2. The molecule has 2 heterocycles. The second kappa shape index (κ2) is 17.5. The lowest BCUT2D eigenvalue weighted by Crippen LogP contribution is -2.39. The van der Waals surface area contributed by atoms with Gasteiger partial charge in [0.25, 0.3) is 5.56 Å². The highest BCUT2D eigenvalue weighted by molar-refractivity contribution is 5.69. The van der Waals surface area contributed by atoms with Gasteiger partial charge in [0.1, 0.15) is 0 Å². The van der Waals surface area contributed by atoms with E-state index < -0.39 is 0 Å². The Morgan fingerprint density at radius 2 is 1.20 bits per heavy atom. The number of aromatic nitrogens is 4. The zero-order valence-corrected chi connectivity index (χ0v) is 22.8. The van der Waals surface area contributed by atoms with Crippen molar-refractivity contribution in [1.82, 2.24) is 24.0 Å². The minimum atomic E-state index is -0.270. The molecule has 2 aromatic rings. The molecule has 0 radical (unpaired) electrons. The van der Waals surface area contributed by atoms with Crippen LogP contribution in [0, 0.1) is 0 Å². The molecule has 0 bridgehead atoms. The number of unbranched alkanes of at least 4 members (excludes halogenated alkanes) is 15. The Balaban J connectivity index is 1.41. The van der Waals surface area contributed by atoms with Gasteiger partial charge in [-0.3, -0.25) is 13.9 Å². The van der Waals surface area contributed by atoms with Crippen molar-refractivity contribution in [3.8, 4) is 0 Å². The Bertz CT molecular complexity index is 943. The Hall–Kier alpha value is -1.89. The summed E-state index contributed by atoms with van der Waals surface area (Å²) in [7, 11) is 3.47. The summed E-state index contributed by atoms with van der Waals surface area (Å²) < 4.78 is 4.54. The molecule has 7 heteroatoms. The average molecular weight is 490 g/mol. The van der Waals surface area contributed by atoms with E-state index in [1.807, 2.05) is 0 Å². The van der Waals surface area contributed by atoms with Crippen molar-refractivity contribution >= 4 is 11.2 Å². The van der Waals surface area contributed by atoms with Gasteiger partial charge in [-0.05, 0) is 32.4 Å². The molecule has 0 aromatic carbocycles. The molecule has 0 aliphatic rings. The molecule has 200 valence electrons. The SMILES string of the molecule is CCCCCCCCCCNCCCCCCCCCCCn1c(=O)c2c(ncn2C)n(C)c1=O. The van der Waals surface area contributed by atoms with E-state index >= 15 is 0 Å². The van der Waals surface area contributed by atoms with E-state index in [9.17, 15) is 9.59 Å². The minimum absolute atomic E-state index is 0.226. The van der Waals surface area contributed by atoms with E-state index in [4.69, 9.17) is 0 Å². The van der Waals surface area contributed by atoms with E-state index in [1.54, 1.807) is 25.0 Å². The molecule has 0 aliphatic heterocycles. The molecular formula is C28H51N5O2. The first-order valence-electron chi connectivity index (χ1n) is 14.4. The van der Waals surface area contributed by atoms with Crippen LogP contribution in [0.25, 0.3) is 11.2 Å². The lowest BCUT2D eigenvalue weighted by atomic mass is 10.1. The third kappa shape index (κ3) is 10.3. The fraction of sp³-hybridized carbons (Fsp3) is 0.821. The maximum Gasteiger partial charge on any atom is 0.332 e. The fourth-order valence-electron chi connectivity index (χ4n) is 4.86. The highest BCUT2D eigenvalue weighted by atomic mass is 16.2. The zero-order valence-electron chi connectivity index (χ0n) is 22.8. The van der Waals surface area contributed by atoms with Gasteiger partial charge in [0.05, 0.1) is 6.33 Å². The zero-order chi connectivity index (χ0) is 25.3. The van der Waals surface area contributed by atoms with Gasteiger partial charge in [-0.1, -0.05) is 96.8 Å². The molecule has 1 N–H and O–H groups in total. The molecule has 0 aliphatic carbocycles. The van der Waals surface area contributed by atoms with E-state index in [2.05, 4.69) is 17.2 Å². The van der Waals surface area contributed by atoms with Crippen LogP contribution in [0.5, 0.6) is 0 Å². The van der Waals surface area contributed by atoms with Crippen LogP contribution in [0.2, 0.25) is 0 Å². The summed E-state index contributed by atoms with van der Waals surface area (Å²) in [6, 6.07) is 0. The molecule has 35 heavy (non-hydrogen) atoms. The molecule has 2 aromatic heterocycles. The van der Waals surface area contributed by atoms with Crippen molar-refractivity contribution < 1.29 is 0 Å². The van der Waals surface area contributed by atoms with Crippen LogP contribution in [0.15, 0.2) is 15.9 Å². The predicted molar refractivity (Wildman–Crippen MR) is 147 cm³/mol. The van der Waals surface area contributed by atoms with E-state index in [-0.39, 0.29) is 11.2 Å². The van der Waals surface area contributed by atoms with Gasteiger partial charge in [-0.25, -0.2) is 9.78 Å². The Labute approximate surface area is 212 Å². The first-order valence-corrected chi connectivity index (χ1v) is 14.4. The number of nitrogens with zero attached hydrogens (tertiary/aromatic N) is 4. The van der Waals surface area contributed by atoms with Crippen LogP contribution in [0.1, 0.15) is 116 Å². The summed E-state index contributed by atoms with van der Waals surface area (Å²) in [4.78, 5) is 29.4. The number of fused-ring (bicyclic) bond motifs is 1. The van der Waals surface area contributed by atoms with Gasteiger partial charge >= 0.3 is 5.69 Å². The van der Waals surface area contributed by atoms with E-state index in [0.29, 0.717) is 17.7 Å². The van der Waals surface area contributed by atoms with Crippen molar-refractivity contribution in [1.29, 1.82) is 0 Å². The van der Waals surface area contributed by atoms with Gasteiger partial charge in [-0.2, -0.15) is 0 Å². The van der Waals surface area contributed by atoms with E-state index in [0.717, 1.165) is 12.8 Å². The van der Waals surface area contributed by atoms with Crippen molar-refractivity contribution in [2.45, 2.75) is 123 Å². The van der Waals surface area contributed by atoms with Gasteiger partial charge < -0.3 is 9.88 Å². The van der Waals surface area contributed by atoms with Gasteiger partial charge in [-0.15, -0.1) is 0 Å². The number of rotatable bonds is 21. The second-order valence-corrected chi connectivity index (χ2v) is 10.2. The van der Waals surface area contributed by atoms with Crippen molar-refractivity contribution in [3.05, 3.63) is 27.2 Å². The number of hydrogen-bond acceptors (Lipinski definition) is 4. The number of imidazole rings is 1. The second-order valence-electron chi connectivity index (χ2n) is 10.2. The van der Waals surface area contributed by atoms with E-state index in [1.165, 1.54) is 119 Å². The third-order valence-corrected chi connectivity index (χ3v) is 7.14. The average Bonchev–Trinajstić information content (AvgIpc) is 3.25. The third-order valence-electron chi connectivity index (χ3n) is 7.14. The standard InChI is InChI=1S/C28H51N5O2/c1-4-5-6-7-8-12-15-18-21-29-22-19-16-13-10-9-11-14-17-20-23-33-27(34)25-26(30-24-31(25)2)32(3)28(33)35/h24,29H,4-23H2,1-3H3. The lowest BCUT2D eigenvalue weighted by Gasteiger charge is -2.08. The molecule has 0 fully saturated rings. The van der Waals surface area contributed by atoms with Crippen LogP contribution in [-0.4, -0.2) is 31.8 Å². The van der Waals surface area contributed by atoms with Crippen molar-refractivity contribution in [2.75, 3.05) is 13.1 Å². The molecule has 0 saturated heterocycles. The summed E-state index contributed by atoms with van der Waals surface area (Å²) in [5.74, 6) is 0. The summed E-state index contributed by atoms with van der Waals surface area (Å²) in [5.41, 5.74) is 0.456. The maximum absolute atomic E-state index is 12.7. The Morgan fingerprint density at radius 3 is 1.74 bits per heavy atom. The highest BCUT2D eigenvalue weighted by Gasteiger charge is 2.14. The first-order chi connectivity index (χ1) is 17.1. The molecule has 0 saturated carbocycles. The number of nitrogens with one attached hydrogen (secondary N) is 1. The van der Waals surface area contributed by atoms with Crippen LogP contribution in [0.3, 0.4) is 0 Å². The normalized spacial score (nSPS) is 11.6. The molecule has 0 spiro atoms. The molecule has 7 nitrogen and oxygen atoms in total. The van der Waals surface area contributed by atoms with Crippen molar-refractivity contribution in [2.24, 2.45) is 14.1 Å². The minimum Gasteiger partial charge on any atom is -0.328 e. The molecular weight excluding hydrogens is 438 g/mol. The quantitative estimate of drug-likeness (QED) is 0.229. The number of hydrogen-bond donors (Lipinski definition) is 1. The van der Waals surface area contributed by atoms with Crippen LogP contribution < -0.4 is 16.6 Å². The van der Waals surface area contributed by atoms with Gasteiger partial charge in [0.2, 0.25) is 0 Å². The van der Waals surface area contributed by atoms with Gasteiger partial charge in [0.15, 0.2) is 11.2 Å². The molecule has 0 amide bonds. The smallest absolute Gasteiger partial charge is 0.328 e. The van der Waals surface area contributed by atoms with Crippen molar-refractivity contribution in [3.63, 3.8) is 0 Å². The topological polar surface area (TPSA) is 73.8 Å². The summed E-state index contributed by atoms with van der Waals surface area (Å²) in [6.07, 6.45) is 23.6. The molecule has 0 unspecified atom stereocenters. The summed E-state index contributed by atoms with van der Waals surface area (Å²) in [6.45, 7) is 5.11. The molecule has 2 rings (SSSR count). The molecule has 0 atom stereocenters. The Kier molecular flexibility index (Phi) is 14.7. The monoisotopic (exact) mass is 489 g/mol. The predicted octanol–water partition coefficient (Wildman–Crippen LogP) is 5.67. The Morgan fingerprint density at radius 1 is 0.714 bits per heavy atom. The van der Waals surface area contributed by atoms with Crippen LogP contribution >= 0.6 is 0 Å². The van der Waals surface area contributed by atoms with Crippen LogP contribution in [-0.2, 0) is 20.6 Å².